The Bertz CT molecular complexity index is 630. The van der Waals surface area contributed by atoms with Gasteiger partial charge in [-0.25, -0.2) is 4.98 Å². The number of hydrogen-bond acceptors (Lipinski definition) is 6. The molecular formula is C12H16N6OS. The van der Waals surface area contributed by atoms with Crippen molar-refractivity contribution < 1.29 is 4.79 Å². The van der Waals surface area contributed by atoms with Crippen LogP contribution in [0.2, 0.25) is 0 Å². The maximum absolute atomic E-state index is 12.1. The quantitative estimate of drug-likeness (QED) is 0.796. The minimum atomic E-state index is -0.277. The van der Waals surface area contributed by atoms with Crippen LogP contribution in [-0.4, -0.2) is 26.7 Å². The van der Waals surface area contributed by atoms with Crippen molar-refractivity contribution in [2.24, 2.45) is 7.05 Å². The first-order valence-corrected chi connectivity index (χ1v) is 7.27. The van der Waals surface area contributed by atoms with Gasteiger partial charge in [-0.1, -0.05) is 11.3 Å². The zero-order chi connectivity index (χ0) is 14.1. The van der Waals surface area contributed by atoms with E-state index in [0.29, 0.717) is 21.9 Å². The van der Waals surface area contributed by atoms with Gasteiger partial charge in [-0.2, -0.15) is 5.10 Å². The number of nitrogens with two attached hydrogens (primary N) is 1. The Morgan fingerprint density at radius 1 is 1.55 bits per heavy atom. The minimum Gasteiger partial charge on any atom is -0.382 e. The summed E-state index contributed by atoms with van der Waals surface area (Å²) in [6.07, 6.45) is 5.30. The number of anilines is 3. The molecular weight excluding hydrogens is 276 g/mol. The van der Waals surface area contributed by atoms with Crippen molar-refractivity contribution >= 4 is 34.0 Å². The highest BCUT2D eigenvalue weighted by molar-refractivity contribution is 7.18. The van der Waals surface area contributed by atoms with Crippen molar-refractivity contribution in [1.29, 1.82) is 0 Å². The molecule has 3 rings (SSSR count). The highest BCUT2D eigenvalue weighted by Gasteiger charge is 2.21. The monoisotopic (exact) mass is 292 g/mol. The number of aryl methyl sites for hydroxylation is 1. The third kappa shape index (κ3) is 2.60. The molecule has 0 spiro atoms. The zero-order valence-corrected chi connectivity index (χ0v) is 11.9. The van der Waals surface area contributed by atoms with Gasteiger partial charge >= 0.3 is 0 Å². The molecule has 0 atom stereocenters. The SMILES string of the molecule is Cn1ccc(NC(=O)c2sc(NC3CCC3)nc2N)n1. The standard InChI is InChI=1S/C12H16N6OS/c1-18-6-5-8(17-18)15-11(19)9-10(13)16-12(20-9)14-7-3-2-4-7/h5-7H,2-4,13H2,1H3,(H,14,16)(H,15,17,19). The third-order valence-electron chi connectivity index (χ3n) is 3.25. The number of rotatable bonds is 4. The van der Waals surface area contributed by atoms with Crippen molar-refractivity contribution in [1.82, 2.24) is 14.8 Å². The topological polar surface area (TPSA) is 97.9 Å². The average Bonchev–Trinajstić information content (AvgIpc) is 2.90. The molecule has 8 heteroatoms. The number of nitrogen functional groups attached to an aromatic ring is 1. The Morgan fingerprint density at radius 3 is 2.95 bits per heavy atom. The first-order chi connectivity index (χ1) is 9.61. The van der Waals surface area contributed by atoms with Crippen LogP contribution < -0.4 is 16.4 Å². The Kier molecular flexibility index (Phi) is 3.31. The minimum absolute atomic E-state index is 0.255. The third-order valence-corrected chi connectivity index (χ3v) is 4.25. The van der Waals surface area contributed by atoms with E-state index in [0.717, 1.165) is 12.8 Å². The summed E-state index contributed by atoms with van der Waals surface area (Å²) in [7, 11) is 1.79. The molecule has 0 aliphatic heterocycles. The molecule has 1 saturated carbocycles. The molecule has 1 aliphatic rings. The van der Waals surface area contributed by atoms with Crippen LogP contribution in [-0.2, 0) is 7.05 Å². The second-order valence-corrected chi connectivity index (χ2v) is 5.83. The molecule has 2 aromatic rings. The van der Waals surface area contributed by atoms with Crippen LogP contribution in [0.25, 0.3) is 0 Å². The van der Waals surface area contributed by atoms with Crippen molar-refractivity contribution in [3.8, 4) is 0 Å². The number of nitrogens with one attached hydrogen (secondary N) is 2. The van der Waals surface area contributed by atoms with Crippen molar-refractivity contribution in [3.05, 3.63) is 17.1 Å². The van der Waals surface area contributed by atoms with E-state index in [-0.39, 0.29) is 11.7 Å². The first kappa shape index (κ1) is 12.9. The fourth-order valence-corrected chi connectivity index (χ4v) is 2.80. The van der Waals surface area contributed by atoms with Gasteiger partial charge in [0.1, 0.15) is 10.7 Å². The lowest BCUT2D eigenvalue weighted by Crippen LogP contribution is -2.26. The first-order valence-electron chi connectivity index (χ1n) is 6.45. The van der Waals surface area contributed by atoms with E-state index in [2.05, 4.69) is 20.7 Å². The number of thiazole rings is 1. The van der Waals surface area contributed by atoms with Crippen LogP contribution in [0.3, 0.4) is 0 Å². The summed E-state index contributed by atoms with van der Waals surface area (Å²) < 4.78 is 1.62. The highest BCUT2D eigenvalue weighted by atomic mass is 32.1. The second-order valence-electron chi connectivity index (χ2n) is 4.83. The molecule has 2 heterocycles. The van der Waals surface area contributed by atoms with Crippen LogP contribution in [0, 0.1) is 0 Å². The van der Waals surface area contributed by atoms with Gasteiger partial charge < -0.3 is 16.4 Å². The molecule has 0 bridgehead atoms. The van der Waals surface area contributed by atoms with Gasteiger partial charge in [-0.05, 0) is 19.3 Å². The van der Waals surface area contributed by atoms with E-state index < -0.39 is 0 Å². The summed E-state index contributed by atoms with van der Waals surface area (Å²) in [4.78, 5) is 16.7. The Labute approximate surface area is 120 Å². The maximum atomic E-state index is 12.1. The van der Waals surface area contributed by atoms with E-state index in [1.165, 1.54) is 17.8 Å². The normalized spacial score (nSPS) is 14.8. The van der Waals surface area contributed by atoms with Crippen LogP contribution in [0.1, 0.15) is 28.9 Å². The molecule has 106 valence electrons. The van der Waals surface area contributed by atoms with E-state index in [4.69, 9.17) is 5.73 Å². The van der Waals surface area contributed by atoms with E-state index >= 15 is 0 Å². The number of amides is 1. The molecule has 0 radical (unpaired) electrons. The van der Waals surface area contributed by atoms with Crippen molar-refractivity contribution in [3.63, 3.8) is 0 Å². The lowest BCUT2D eigenvalue weighted by molar-refractivity contribution is 0.103. The Balaban J connectivity index is 1.70. The molecule has 20 heavy (non-hydrogen) atoms. The highest BCUT2D eigenvalue weighted by Crippen LogP contribution is 2.29. The fourth-order valence-electron chi connectivity index (χ4n) is 1.94. The van der Waals surface area contributed by atoms with Gasteiger partial charge in [0.2, 0.25) is 0 Å². The van der Waals surface area contributed by atoms with E-state index in [9.17, 15) is 4.79 Å². The van der Waals surface area contributed by atoms with E-state index in [1.54, 1.807) is 24.0 Å². The molecule has 0 aromatic carbocycles. The molecule has 0 saturated heterocycles. The van der Waals surface area contributed by atoms with Crippen LogP contribution in [0.4, 0.5) is 16.8 Å². The van der Waals surface area contributed by atoms with Crippen LogP contribution in [0.15, 0.2) is 12.3 Å². The number of carbonyl (C=O) groups excluding carboxylic acids is 1. The van der Waals surface area contributed by atoms with Gasteiger partial charge in [0.15, 0.2) is 10.9 Å². The zero-order valence-electron chi connectivity index (χ0n) is 11.1. The van der Waals surface area contributed by atoms with Crippen molar-refractivity contribution in [2.45, 2.75) is 25.3 Å². The van der Waals surface area contributed by atoms with Gasteiger partial charge in [-0.3, -0.25) is 9.48 Å². The maximum Gasteiger partial charge on any atom is 0.270 e. The van der Waals surface area contributed by atoms with Gasteiger partial charge in [0.25, 0.3) is 5.91 Å². The smallest absolute Gasteiger partial charge is 0.270 e. The van der Waals surface area contributed by atoms with Gasteiger partial charge in [-0.15, -0.1) is 0 Å². The van der Waals surface area contributed by atoms with E-state index in [1.807, 2.05) is 0 Å². The molecule has 1 fully saturated rings. The number of carbonyl (C=O) groups is 1. The summed E-state index contributed by atoms with van der Waals surface area (Å²) in [6, 6.07) is 2.19. The Morgan fingerprint density at radius 2 is 2.35 bits per heavy atom. The predicted octanol–water partition coefficient (Wildman–Crippen LogP) is 1.68. The Hall–Kier alpha value is -2.09. The molecule has 0 unspecified atom stereocenters. The van der Waals surface area contributed by atoms with Gasteiger partial charge in [0.05, 0.1) is 0 Å². The summed E-state index contributed by atoms with van der Waals surface area (Å²) in [5.74, 6) is 0.476. The molecule has 1 amide bonds. The van der Waals surface area contributed by atoms with Crippen LogP contribution >= 0.6 is 11.3 Å². The molecule has 1 aliphatic carbocycles. The number of aromatic nitrogens is 3. The predicted molar refractivity (Wildman–Crippen MR) is 78.9 cm³/mol. The second kappa shape index (κ2) is 5.12. The molecule has 4 N–H and O–H groups in total. The van der Waals surface area contributed by atoms with Crippen molar-refractivity contribution in [2.75, 3.05) is 16.4 Å². The summed E-state index contributed by atoms with van der Waals surface area (Å²) >= 11 is 1.28. The fraction of sp³-hybridized carbons (Fsp3) is 0.417. The van der Waals surface area contributed by atoms with Crippen LogP contribution in [0.5, 0.6) is 0 Å². The largest absolute Gasteiger partial charge is 0.382 e. The van der Waals surface area contributed by atoms with Gasteiger partial charge in [0, 0.05) is 25.4 Å². The lowest BCUT2D eigenvalue weighted by atomic mass is 9.93. The summed E-state index contributed by atoms with van der Waals surface area (Å²) in [5.41, 5.74) is 5.81. The summed E-state index contributed by atoms with van der Waals surface area (Å²) in [5, 5.41) is 10.8. The average molecular weight is 292 g/mol. The number of hydrogen-bond donors (Lipinski definition) is 3. The number of nitrogens with zero attached hydrogens (tertiary/aromatic N) is 3. The molecule has 7 nitrogen and oxygen atoms in total. The lowest BCUT2D eigenvalue weighted by Gasteiger charge is -2.25. The summed E-state index contributed by atoms with van der Waals surface area (Å²) in [6.45, 7) is 0. The molecule has 2 aromatic heterocycles.